The van der Waals surface area contributed by atoms with Crippen LogP contribution in [0.3, 0.4) is 0 Å². The topological polar surface area (TPSA) is 0 Å². The van der Waals surface area contributed by atoms with E-state index < -0.39 is 0 Å². The fourth-order valence-corrected chi connectivity index (χ4v) is 0.685. The predicted molar refractivity (Wildman–Crippen MR) is 47.7 cm³/mol. The van der Waals surface area contributed by atoms with Crippen molar-refractivity contribution in [3.05, 3.63) is 35.9 Å². The van der Waals surface area contributed by atoms with E-state index in [1.54, 1.807) is 0 Å². The lowest BCUT2D eigenvalue weighted by Gasteiger charge is -1.82. The molecular weight excluding hydrogens is 156 g/mol. The Kier molecular flexibility index (Phi) is 5.52. The molecule has 0 bridgehead atoms. The summed E-state index contributed by atoms with van der Waals surface area (Å²) in [5, 5.41) is 2.31. The largest absolute Gasteiger partial charge is 0.316 e. The Bertz CT molecular complexity index is 232. The van der Waals surface area contributed by atoms with Gasteiger partial charge in [-0.25, -0.2) is 0 Å². The second-order valence-corrected chi connectivity index (χ2v) is 1.77. The Hall–Kier alpha value is -0.164. The van der Waals surface area contributed by atoms with E-state index >= 15 is 0 Å². The van der Waals surface area contributed by atoms with Crippen molar-refractivity contribution < 1.29 is 0 Å². The van der Waals surface area contributed by atoms with E-state index in [4.69, 9.17) is 11.6 Å². The molecule has 0 aromatic heterocycles. The maximum atomic E-state index is 5.17. The van der Waals surface area contributed by atoms with Crippen LogP contribution in [0.4, 0.5) is 0 Å². The standard InChI is InChI=1S/C8H5Cl.Mg.2H/c9-7-6-8-4-2-1-3-5-8;;;/h1-5H;;;. The fourth-order valence-electron chi connectivity index (χ4n) is 0.576. The van der Waals surface area contributed by atoms with Crippen LogP contribution in [-0.4, -0.2) is 23.1 Å². The first-order valence-electron chi connectivity index (χ1n) is 2.60. The van der Waals surface area contributed by atoms with Crippen molar-refractivity contribution in [3.63, 3.8) is 0 Å². The van der Waals surface area contributed by atoms with E-state index in [9.17, 15) is 0 Å². The minimum absolute atomic E-state index is 0. The van der Waals surface area contributed by atoms with Gasteiger partial charge >= 0.3 is 23.1 Å². The van der Waals surface area contributed by atoms with Gasteiger partial charge in [-0.05, 0) is 29.7 Å². The van der Waals surface area contributed by atoms with Crippen molar-refractivity contribution in [2.24, 2.45) is 0 Å². The summed E-state index contributed by atoms with van der Waals surface area (Å²) in [7, 11) is 0. The molecule has 0 aliphatic rings. The van der Waals surface area contributed by atoms with Crippen molar-refractivity contribution in [1.82, 2.24) is 0 Å². The summed E-state index contributed by atoms with van der Waals surface area (Å²) in [6.07, 6.45) is 0. The van der Waals surface area contributed by atoms with E-state index in [1.807, 2.05) is 30.3 Å². The molecule has 0 fully saturated rings. The van der Waals surface area contributed by atoms with Gasteiger partial charge in [0.05, 0.1) is 0 Å². The van der Waals surface area contributed by atoms with Crippen LogP contribution in [0.15, 0.2) is 30.3 Å². The molecule has 0 heterocycles. The van der Waals surface area contributed by atoms with E-state index in [1.165, 1.54) is 0 Å². The number of rotatable bonds is 0. The first-order chi connectivity index (χ1) is 4.43. The smallest absolute Gasteiger partial charge is 0.0622 e. The molecule has 0 N–H and O–H groups in total. The lowest BCUT2D eigenvalue weighted by Crippen LogP contribution is -1.67. The third-order valence-electron chi connectivity index (χ3n) is 0.965. The number of hydrogen-bond acceptors (Lipinski definition) is 0. The zero-order valence-electron chi connectivity index (χ0n) is 4.76. The molecular formula is C8H7ClMg. The molecule has 0 radical (unpaired) electrons. The van der Waals surface area contributed by atoms with Gasteiger partial charge < -0.3 is 0 Å². The molecule has 48 valence electrons. The number of benzene rings is 1. The van der Waals surface area contributed by atoms with E-state index in [0.717, 1.165) is 5.56 Å². The third kappa shape index (κ3) is 3.12. The van der Waals surface area contributed by atoms with E-state index in [2.05, 4.69) is 11.3 Å². The second-order valence-electron chi connectivity index (χ2n) is 1.59. The van der Waals surface area contributed by atoms with Crippen LogP contribution in [0.5, 0.6) is 0 Å². The Labute approximate surface area is 81.7 Å². The molecule has 0 spiro atoms. The monoisotopic (exact) mass is 162 g/mol. The van der Waals surface area contributed by atoms with Gasteiger partial charge in [0.1, 0.15) is 0 Å². The number of hydrogen-bond donors (Lipinski definition) is 0. The average molecular weight is 163 g/mol. The highest BCUT2D eigenvalue weighted by Crippen LogP contribution is 1.94. The van der Waals surface area contributed by atoms with Crippen molar-refractivity contribution in [3.8, 4) is 11.3 Å². The van der Waals surface area contributed by atoms with Crippen LogP contribution in [0.25, 0.3) is 0 Å². The molecule has 0 atom stereocenters. The molecule has 0 amide bonds. The molecule has 0 aliphatic heterocycles. The summed E-state index contributed by atoms with van der Waals surface area (Å²) >= 11 is 5.17. The lowest BCUT2D eigenvalue weighted by atomic mass is 10.2. The fraction of sp³-hybridized carbons (Fsp3) is 0. The number of halogens is 1. The van der Waals surface area contributed by atoms with E-state index in [0.29, 0.717) is 0 Å². The van der Waals surface area contributed by atoms with Crippen LogP contribution >= 0.6 is 11.6 Å². The van der Waals surface area contributed by atoms with Crippen LogP contribution in [0.1, 0.15) is 5.56 Å². The molecule has 0 nitrogen and oxygen atoms in total. The normalized spacial score (nSPS) is 6.90. The average Bonchev–Trinajstić information content (AvgIpc) is 1.91. The summed E-state index contributed by atoms with van der Waals surface area (Å²) in [4.78, 5) is 0. The van der Waals surface area contributed by atoms with Crippen LogP contribution in [0, 0.1) is 11.3 Å². The molecule has 1 rings (SSSR count). The van der Waals surface area contributed by atoms with Crippen LogP contribution in [-0.2, 0) is 0 Å². The molecule has 0 aliphatic carbocycles. The summed E-state index contributed by atoms with van der Waals surface area (Å²) < 4.78 is 0. The van der Waals surface area contributed by atoms with Gasteiger partial charge in [-0.3, -0.25) is 0 Å². The summed E-state index contributed by atoms with van der Waals surface area (Å²) in [5.41, 5.74) is 0.951. The minimum Gasteiger partial charge on any atom is -0.0622 e. The van der Waals surface area contributed by atoms with E-state index in [-0.39, 0.29) is 23.1 Å². The Balaban J connectivity index is 0.000000810. The van der Waals surface area contributed by atoms with Gasteiger partial charge in [-0.15, -0.1) is 0 Å². The molecule has 1 aromatic rings. The summed E-state index contributed by atoms with van der Waals surface area (Å²) in [6, 6.07) is 9.62. The molecule has 10 heavy (non-hydrogen) atoms. The highest BCUT2D eigenvalue weighted by Gasteiger charge is 1.78. The van der Waals surface area contributed by atoms with Crippen molar-refractivity contribution >= 4 is 34.7 Å². The maximum absolute atomic E-state index is 5.17. The Morgan fingerprint density at radius 1 is 1.10 bits per heavy atom. The van der Waals surface area contributed by atoms with Gasteiger partial charge in [0.25, 0.3) is 0 Å². The van der Waals surface area contributed by atoms with Crippen LogP contribution < -0.4 is 0 Å². The first-order valence-corrected chi connectivity index (χ1v) is 2.98. The molecule has 2 heteroatoms. The van der Waals surface area contributed by atoms with Gasteiger partial charge in [0.15, 0.2) is 0 Å². The minimum atomic E-state index is 0. The molecule has 1 aromatic carbocycles. The van der Waals surface area contributed by atoms with Gasteiger partial charge in [-0.2, -0.15) is 0 Å². The highest BCUT2D eigenvalue weighted by molar-refractivity contribution is 6.30. The third-order valence-corrected chi connectivity index (χ3v) is 1.06. The summed E-state index contributed by atoms with van der Waals surface area (Å²) in [5.74, 6) is 2.72. The van der Waals surface area contributed by atoms with Crippen molar-refractivity contribution in [2.45, 2.75) is 0 Å². The van der Waals surface area contributed by atoms with Gasteiger partial charge in [0, 0.05) is 10.9 Å². The summed E-state index contributed by atoms with van der Waals surface area (Å²) in [6.45, 7) is 0. The SMILES string of the molecule is ClC#Cc1ccccc1.[MgH2]. The predicted octanol–water partition coefficient (Wildman–Crippen LogP) is 1.32. The zero-order chi connectivity index (χ0) is 6.53. The molecule has 0 saturated carbocycles. The maximum Gasteiger partial charge on any atom is 0.316 e. The highest BCUT2D eigenvalue weighted by atomic mass is 35.5. The van der Waals surface area contributed by atoms with Crippen LogP contribution in [0.2, 0.25) is 0 Å². The van der Waals surface area contributed by atoms with Gasteiger partial charge in [-0.1, -0.05) is 18.2 Å². The molecule has 0 unspecified atom stereocenters. The first kappa shape index (κ1) is 9.84. The Morgan fingerprint density at radius 3 is 2.20 bits per heavy atom. The second kappa shape index (κ2) is 5.61. The van der Waals surface area contributed by atoms with Gasteiger partial charge in [0.2, 0.25) is 0 Å². The quantitative estimate of drug-likeness (QED) is 0.399. The lowest BCUT2D eigenvalue weighted by molar-refractivity contribution is 1.65. The van der Waals surface area contributed by atoms with Crippen molar-refractivity contribution in [1.29, 1.82) is 0 Å². The molecule has 0 saturated heterocycles. The zero-order valence-corrected chi connectivity index (χ0v) is 5.52. The van der Waals surface area contributed by atoms with Crippen molar-refractivity contribution in [2.75, 3.05) is 0 Å². The Morgan fingerprint density at radius 2 is 1.70 bits per heavy atom.